The molecule has 10 rings (SSSR count). The molecule has 0 amide bonds. The molecule has 2 aliphatic heterocycles. The number of fused-ring (bicyclic) bond motifs is 4. The second-order valence-electron chi connectivity index (χ2n) is 16.5. The average molecular weight is 854 g/mol. The van der Waals surface area contributed by atoms with E-state index in [0.29, 0.717) is 26.4 Å². The number of rotatable bonds is 15. The van der Waals surface area contributed by atoms with E-state index in [1.807, 2.05) is 11.3 Å². The molecular weight excluding hydrogens is 799 g/mol. The summed E-state index contributed by atoms with van der Waals surface area (Å²) in [5, 5.41) is 4.84. The van der Waals surface area contributed by atoms with Crippen LogP contribution in [0.5, 0.6) is 0 Å². The number of ether oxygens (including phenoxy) is 4. The number of thiophene rings is 1. The van der Waals surface area contributed by atoms with Gasteiger partial charge in [-0.3, -0.25) is 0 Å². The van der Waals surface area contributed by atoms with E-state index in [1.54, 1.807) is 0 Å². The molecule has 6 aromatic carbocycles. The fourth-order valence-corrected chi connectivity index (χ4v) is 10.4. The van der Waals surface area contributed by atoms with E-state index in [-0.39, 0.29) is 12.6 Å². The first-order valence-electron chi connectivity index (χ1n) is 22.7. The maximum absolute atomic E-state index is 5.88. The van der Waals surface area contributed by atoms with Crippen LogP contribution in [0.15, 0.2) is 140 Å². The Morgan fingerprint density at radius 3 is 1.94 bits per heavy atom. The maximum atomic E-state index is 5.88. The van der Waals surface area contributed by atoms with Gasteiger partial charge in [0.1, 0.15) is 5.00 Å². The van der Waals surface area contributed by atoms with Gasteiger partial charge in [-0.2, -0.15) is 0 Å². The highest BCUT2D eigenvalue weighted by Gasteiger charge is 2.25. The van der Waals surface area contributed by atoms with Crippen molar-refractivity contribution in [3.63, 3.8) is 0 Å². The molecule has 4 heterocycles. The lowest BCUT2D eigenvalue weighted by atomic mass is 10.0. The molecule has 0 atom stereocenters. The molecule has 0 unspecified atom stereocenters. The van der Waals surface area contributed by atoms with Crippen molar-refractivity contribution in [2.75, 3.05) is 36.2 Å². The Kier molecular flexibility index (Phi) is 12.1. The van der Waals surface area contributed by atoms with Crippen molar-refractivity contribution in [1.82, 2.24) is 4.57 Å². The minimum Gasteiger partial charge on any atom is -0.346 e. The summed E-state index contributed by atoms with van der Waals surface area (Å²) in [7, 11) is 0. The van der Waals surface area contributed by atoms with E-state index in [9.17, 15) is 0 Å². The second-order valence-corrected chi connectivity index (χ2v) is 17.5. The van der Waals surface area contributed by atoms with Crippen molar-refractivity contribution in [1.29, 1.82) is 0 Å². The van der Waals surface area contributed by atoms with Gasteiger partial charge in [-0.15, -0.1) is 11.3 Å². The Bertz CT molecular complexity index is 2860. The number of unbranched alkanes of at least 4 members (excludes halogenated alkanes) is 3. The minimum atomic E-state index is -0.326. The van der Waals surface area contributed by atoms with E-state index >= 15 is 0 Å². The van der Waals surface area contributed by atoms with Crippen LogP contribution in [0.1, 0.15) is 80.8 Å². The zero-order chi connectivity index (χ0) is 42.7. The number of benzene rings is 6. The van der Waals surface area contributed by atoms with Crippen molar-refractivity contribution in [2.45, 2.75) is 72.0 Å². The molecule has 2 fully saturated rings. The summed E-state index contributed by atoms with van der Waals surface area (Å²) >= 11 is 1.87. The zero-order valence-corrected chi connectivity index (χ0v) is 37.3. The lowest BCUT2D eigenvalue weighted by Crippen LogP contribution is -2.12. The van der Waals surface area contributed by atoms with Gasteiger partial charge in [0.25, 0.3) is 0 Å². The van der Waals surface area contributed by atoms with Crippen LogP contribution >= 0.6 is 11.3 Å². The van der Waals surface area contributed by atoms with Crippen molar-refractivity contribution in [3.05, 3.63) is 162 Å². The molecule has 320 valence electrons. The standard InChI is InChI=1S/C55H55N3O4S/c1-4-6-8-11-31-56-49-30-29-45(57(48-19-12-16-39(38(48)3)14-7-5-2)43-25-21-41(22-26-43)54-59-32-33-60-54)36-47(49)53-51(56)37-52(63-53)58(50-20-13-17-40-15-9-10-18-46(40)50)44-27-23-42(24-28-44)55-61-34-35-62-55/h7,9-10,12-30,36-37,54-55H,4-6,8,11,31-35H2,1-3H3. The van der Waals surface area contributed by atoms with Crippen molar-refractivity contribution < 1.29 is 18.9 Å². The quantitative estimate of drug-likeness (QED) is 0.0958. The van der Waals surface area contributed by atoms with E-state index < -0.39 is 0 Å². The normalized spacial score (nSPS) is 14.9. The first-order valence-corrected chi connectivity index (χ1v) is 23.5. The molecule has 63 heavy (non-hydrogen) atoms. The molecule has 0 N–H and O–H groups in total. The molecule has 2 saturated heterocycles. The van der Waals surface area contributed by atoms with Gasteiger partial charge in [-0.1, -0.05) is 118 Å². The van der Waals surface area contributed by atoms with Gasteiger partial charge in [0, 0.05) is 51.2 Å². The van der Waals surface area contributed by atoms with Gasteiger partial charge in [0.15, 0.2) is 12.6 Å². The van der Waals surface area contributed by atoms with Crippen LogP contribution in [-0.4, -0.2) is 31.0 Å². The summed E-state index contributed by atoms with van der Waals surface area (Å²) in [6, 6.07) is 48.9. The van der Waals surface area contributed by atoms with Crippen LogP contribution in [0, 0.1) is 6.92 Å². The summed E-state index contributed by atoms with van der Waals surface area (Å²) < 4.78 is 27.4. The molecule has 7 nitrogen and oxygen atoms in total. The van der Waals surface area contributed by atoms with Gasteiger partial charge in [-0.25, -0.2) is 0 Å². The average Bonchev–Trinajstić information content (AvgIpc) is 4.17. The third-order valence-corrected chi connectivity index (χ3v) is 13.6. The lowest BCUT2D eigenvalue weighted by molar-refractivity contribution is -0.0443. The van der Waals surface area contributed by atoms with Crippen LogP contribution < -0.4 is 9.80 Å². The summed E-state index contributed by atoms with van der Waals surface area (Å²) in [5.41, 5.74) is 12.6. The van der Waals surface area contributed by atoms with Gasteiger partial charge in [0.05, 0.1) is 47.8 Å². The van der Waals surface area contributed by atoms with Crippen molar-refractivity contribution in [3.8, 4) is 0 Å². The minimum absolute atomic E-state index is 0.325. The summed E-state index contributed by atoms with van der Waals surface area (Å²) in [6.07, 6.45) is 9.60. The molecular formula is C55H55N3O4S. The van der Waals surface area contributed by atoms with Crippen LogP contribution in [-0.2, 0) is 25.5 Å². The third kappa shape index (κ3) is 8.18. The van der Waals surface area contributed by atoms with E-state index in [4.69, 9.17) is 18.9 Å². The Labute approximate surface area is 374 Å². The number of nitrogens with zero attached hydrogens (tertiary/aromatic N) is 3. The molecule has 2 aliphatic rings. The van der Waals surface area contributed by atoms with E-state index in [2.05, 4.69) is 181 Å². The van der Waals surface area contributed by atoms with E-state index in [0.717, 1.165) is 59.0 Å². The third-order valence-electron chi connectivity index (χ3n) is 12.4. The second kappa shape index (κ2) is 18.5. The Hall–Kier alpha value is -5.74. The zero-order valence-electron chi connectivity index (χ0n) is 36.5. The fraction of sp³-hybridized carbons (Fsp3) is 0.273. The van der Waals surface area contributed by atoms with Crippen molar-refractivity contribution in [2.24, 2.45) is 0 Å². The lowest BCUT2D eigenvalue weighted by Gasteiger charge is -2.28. The molecule has 0 saturated carbocycles. The van der Waals surface area contributed by atoms with Gasteiger partial charge in [-0.05, 0) is 96.9 Å². The van der Waals surface area contributed by atoms with Crippen LogP contribution in [0.25, 0.3) is 38.0 Å². The van der Waals surface area contributed by atoms with E-state index in [1.165, 1.54) is 67.3 Å². The van der Waals surface area contributed by atoms with Crippen molar-refractivity contribution >= 4 is 82.7 Å². The Balaban J connectivity index is 1.14. The molecule has 0 spiro atoms. The SMILES string of the molecule is CCC=Cc1cccc(N(c2ccc(C3OCCO3)cc2)c2ccc3c(c2)c2sc(N(c4ccc(C5OCCO5)cc4)c4cccc5ccccc45)cc2n3CCCCCC)c1C. The molecule has 0 aliphatic carbocycles. The monoisotopic (exact) mass is 853 g/mol. The maximum Gasteiger partial charge on any atom is 0.184 e. The number of anilines is 6. The summed E-state index contributed by atoms with van der Waals surface area (Å²) in [6.45, 7) is 10.1. The highest BCUT2D eigenvalue weighted by atomic mass is 32.1. The summed E-state index contributed by atoms with van der Waals surface area (Å²) in [5.74, 6) is 0. The van der Waals surface area contributed by atoms with Gasteiger partial charge < -0.3 is 33.3 Å². The van der Waals surface area contributed by atoms with Gasteiger partial charge >= 0.3 is 0 Å². The van der Waals surface area contributed by atoms with Crippen LogP contribution in [0.4, 0.5) is 33.4 Å². The highest BCUT2D eigenvalue weighted by Crippen LogP contribution is 2.48. The Morgan fingerprint density at radius 2 is 1.24 bits per heavy atom. The number of hydrogen-bond acceptors (Lipinski definition) is 7. The summed E-state index contributed by atoms with van der Waals surface area (Å²) in [4.78, 5) is 4.85. The number of aromatic nitrogens is 1. The number of allylic oxidation sites excluding steroid dienone is 1. The molecule has 2 aromatic heterocycles. The molecule has 0 radical (unpaired) electrons. The van der Waals surface area contributed by atoms with Crippen LogP contribution in [0.3, 0.4) is 0 Å². The molecule has 0 bridgehead atoms. The topological polar surface area (TPSA) is 48.3 Å². The number of hydrogen-bond donors (Lipinski definition) is 0. The highest BCUT2D eigenvalue weighted by molar-refractivity contribution is 7.24. The fourth-order valence-electron chi connectivity index (χ4n) is 9.21. The predicted molar refractivity (Wildman–Crippen MR) is 262 cm³/mol. The van der Waals surface area contributed by atoms with Gasteiger partial charge in [0.2, 0.25) is 0 Å². The number of aryl methyl sites for hydroxylation is 1. The predicted octanol–water partition coefficient (Wildman–Crippen LogP) is 15.4. The molecule has 8 aromatic rings. The van der Waals surface area contributed by atoms with Crippen LogP contribution in [0.2, 0.25) is 0 Å². The Morgan fingerprint density at radius 1 is 0.603 bits per heavy atom. The largest absolute Gasteiger partial charge is 0.346 e. The first kappa shape index (κ1) is 41.3. The smallest absolute Gasteiger partial charge is 0.184 e. The first-order chi connectivity index (χ1) is 31.1. The molecule has 8 heteroatoms.